The number of aliphatic carboxylic acids is 2. The number of carbonyl (C=O) groups is 5. The first-order valence-corrected chi connectivity index (χ1v) is 10.7. The summed E-state index contributed by atoms with van der Waals surface area (Å²) in [6.07, 6.45) is 0.257. The fourth-order valence-corrected chi connectivity index (χ4v) is 2.95. The maximum atomic E-state index is 12.9. The van der Waals surface area contributed by atoms with Gasteiger partial charge >= 0.3 is 11.9 Å². The van der Waals surface area contributed by atoms with Gasteiger partial charge in [-0.05, 0) is 17.9 Å². The molecule has 0 spiro atoms. The van der Waals surface area contributed by atoms with Crippen molar-refractivity contribution >= 4 is 29.7 Å². The Hall–Kier alpha value is -3.47. The van der Waals surface area contributed by atoms with E-state index in [9.17, 15) is 29.1 Å². The van der Waals surface area contributed by atoms with Crippen LogP contribution < -0.4 is 21.7 Å². The van der Waals surface area contributed by atoms with E-state index >= 15 is 0 Å². The molecule has 4 atom stereocenters. The van der Waals surface area contributed by atoms with Gasteiger partial charge in [-0.1, -0.05) is 50.6 Å². The molecule has 1 rings (SSSR count). The third kappa shape index (κ3) is 10.1. The van der Waals surface area contributed by atoms with Crippen LogP contribution in [0.25, 0.3) is 0 Å². The molecule has 0 aliphatic carbocycles. The predicted molar refractivity (Wildman–Crippen MR) is 119 cm³/mol. The van der Waals surface area contributed by atoms with Crippen LogP contribution in [-0.4, -0.2) is 64.5 Å². The maximum absolute atomic E-state index is 12.9. The van der Waals surface area contributed by atoms with Gasteiger partial charge in [0.25, 0.3) is 0 Å². The molecule has 7 N–H and O–H groups in total. The Kier molecular flexibility index (Phi) is 11.6. The first-order valence-electron chi connectivity index (χ1n) is 10.7. The molecule has 11 nitrogen and oxygen atoms in total. The van der Waals surface area contributed by atoms with Crippen molar-refractivity contribution in [2.45, 2.75) is 57.7 Å². The van der Waals surface area contributed by atoms with Crippen molar-refractivity contribution in [3.8, 4) is 0 Å². The van der Waals surface area contributed by atoms with Crippen LogP contribution in [0.1, 0.15) is 38.7 Å². The molecular weight excluding hydrogens is 432 g/mol. The van der Waals surface area contributed by atoms with Crippen molar-refractivity contribution in [1.29, 1.82) is 0 Å². The Morgan fingerprint density at radius 3 is 2.18 bits per heavy atom. The quantitative estimate of drug-likeness (QED) is 0.215. The average molecular weight is 465 g/mol. The third-order valence-electron chi connectivity index (χ3n) is 5.14. The number of hydrogen-bond acceptors (Lipinski definition) is 6. The number of carbonyl (C=O) groups excluding carboxylic acids is 3. The summed E-state index contributed by atoms with van der Waals surface area (Å²) < 4.78 is 0. The number of rotatable bonds is 14. The Bertz CT molecular complexity index is 831. The summed E-state index contributed by atoms with van der Waals surface area (Å²) in [6, 6.07) is 5.56. The number of amides is 3. The normalized spacial score (nSPS) is 14.3. The molecule has 1 aromatic carbocycles. The maximum Gasteiger partial charge on any atom is 0.326 e. The van der Waals surface area contributed by atoms with E-state index in [1.165, 1.54) is 0 Å². The second-order valence-corrected chi connectivity index (χ2v) is 7.78. The number of nitrogens with two attached hydrogens (primary N) is 1. The number of carboxylic acids is 2. The largest absolute Gasteiger partial charge is 0.481 e. The second-order valence-electron chi connectivity index (χ2n) is 7.78. The topological polar surface area (TPSA) is 188 Å². The van der Waals surface area contributed by atoms with Crippen molar-refractivity contribution in [3.63, 3.8) is 0 Å². The SMILES string of the molecule is CCC(C)C(NC(=O)C(Cc1ccccc1)NC(=O)CNC(=O)C(N)CCC(=O)O)C(=O)O. The summed E-state index contributed by atoms with van der Waals surface area (Å²) in [5.74, 6) is -4.64. The van der Waals surface area contributed by atoms with Gasteiger partial charge in [0.1, 0.15) is 12.1 Å². The van der Waals surface area contributed by atoms with Gasteiger partial charge < -0.3 is 31.9 Å². The second kappa shape index (κ2) is 13.8. The van der Waals surface area contributed by atoms with Crippen LogP contribution in [0.4, 0.5) is 0 Å². The van der Waals surface area contributed by atoms with E-state index in [1.807, 2.05) is 0 Å². The molecule has 33 heavy (non-hydrogen) atoms. The standard InChI is InChI=1S/C22H32N4O7/c1-3-13(2)19(22(32)33)26-21(31)16(11-14-7-5-4-6-8-14)25-17(27)12-24-20(30)15(23)9-10-18(28)29/h4-8,13,15-16,19H,3,9-12,23H2,1-2H3,(H,24,30)(H,25,27)(H,26,31)(H,28,29)(H,32,33). The third-order valence-corrected chi connectivity index (χ3v) is 5.14. The first-order chi connectivity index (χ1) is 15.5. The summed E-state index contributed by atoms with van der Waals surface area (Å²) in [5, 5.41) is 25.4. The van der Waals surface area contributed by atoms with Crippen molar-refractivity contribution in [2.24, 2.45) is 11.7 Å². The van der Waals surface area contributed by atoms with Gasteiger partial charge in [-0.25, -0.2) is 4.79 Å². The van der Waals surface area contributed by atoms with Gasteiger partial charge in [-0.2, -0.15) is 0 Å². The van der Waals surface area contributed by atoms with E-state index < -0.39 is 54.3 Å². The van der Waals surface area contributed by atoms with Gasteiger partial charge in [0.05, 0.1) is 12.6 Å². The summed E-state index contributed by atoms with van der Waals surface area (Å²) >= 11 is 0. The summed E-state index contributed by atoms with van der Waals surface area (Å²) in [6.45, 7) is 3.03. The van der Waals surface area contributed by atoms with E-state index in [0.29, 0.717) is 6.42 Å². The lowest BCUT2D eigenvalue weighted by Crippen LogP contribution is -2.55. The lowest BCUT2D eigenvalue weighted by atomic mass is 9.98. The van der Waals surface area contributed by atoms with Gasteiger partial charge in [0.2, 0.25) is 17.7 Å². The summed E-state index contributed by atoms with van der Waals surface area (Å²) in [7, 11) is 0. The zero-order chi connectivity index (χ0) is 25.0. The van der Waals surface area contributed by atoms with Gasteiger partial charge in [0, 0.05) is 12.8 Å². The van der Waals surface area contributed by atoms with Crippen molar-refractivity contribution in [3.05, 3.63) is 35.9 Å². The van der Waals surface area contributed by atoms with E-state index in [2.05, 4.69) is 16.0 Å². The average Bonchev–Trinajstić information content (AvgIpc) is 2.78. The molecule has 0 heterocycles. The minimum Gasteiger partial charge on any atom is -0.481 e. The molecule has 1 aromatic rings. The smallest absolute Gasteiger partial charge is 0.326 e. The molecule has 0 radical (unpaired) electrons. The Labute approximate surface area is 192 Å². The van der Waals surface area contributed by atoms with E-state index in [1.54, 1.807) is 44.2 Å². The van der Waals surface area contributed by atoms with Crippen LogP contribution in [0.2, 0.25) is 0 Å². The highest BCUT2D eigenvalue weighted by Gasteiger charge is 2.29. The zero-order valence-electron chi connectivity index (χ0n) is 18.7. The minimum absolute atomic E-state index is 0.0893. The molecule has 0 aromatic heterocycles. The first kappa shape index (κ1) is 27.6. The Morgan fingerprint density at radius 2 is 1.64 bits per heavy atom. The van der Waals surface area contributed by atoms with Crippen molar-refractivity contribution in [2.75, 3.05) is 6.54 Å². The highest BCUT2D eigenvalue weighted by atomic mass is 16.4. The van der Waals surface area contributed by atoms with Crippen LogP contribution in [0.15, 0.2) is 30.3 Å². The molecule has 0 bridgehead atoms. The Balaban J connectivity index is 2.82. The molecular formula is C22H32N4O7. The predicted octanol–water partition coefficient (Wildman–Crippen LogP) is -0.362. The molecule has 182 valence electrons. The number of benzene rings is 1. The molecule has 0 aliphatic heterocycles. The van der Waals surface area contributed by atoms with Crippen LogP contribution in [0.5, 0.6) is 0 Å². The summed E-state index contributed by atoms with van der Waals surface area (Å²) in [4.78, 5) is 59.4. The number of hydrogen-bond donors (Lipinski definition) is 6. The van der Waals surface area contributed by atoms with Crippen molar-refractivity contribution < 1.29 is 34.2 Å². The van der Waals surface area contributed by atoms with E-state index in [4.69, 9.17) is 10.8 Å². The molecule has 0 aliphatic rings. The fourth-order valence-electron chi connectivity index (χ4n) is 2.95. The Morgan fingerprint density at radius 1 is 1.00 bits per heavy atom. The van der Waals surface area contributed by atoms with Crippen LogP contribution in [0, 0.1) is 5.92 Å². The molecule has 3 amide bonds. The van der Waals surface area contributed by atoms with Gasteiger partial charge in [-0.3, -0.25) is 19.2 Å². The number of nitrogens with one attached hydrogen (secondary N) is 3. The lowest BCUT2D eigenvalue weighted by molar-refractivity contribution is -0.143. The van der Waals surface area contributed by atoms with E-state index in [-0.39, 0.29) is 25.2 Å². The zero-order valence-corrected chi connectivity index (χ0v) is 18.7. The monoisotopic (exact) mass is 464 g/mol. The minimum atomic E-state index is -1.18. The summed E-state index contributed by atoms with van der Waals surface area (Å²) in [5.41, 5.74) is 6.34. The van der Waals surface area contributed by atoms with Crippen LogP contribution in [-0.2, 0) is 30.4 Å². The molecule has 4 unspecified atom stereocenters. The lowest BCUT2D eigenvalue weighted by Gasteiger charge is -2.24. The molecule has 0 saturated carbocycles. The van der Waals surface area contributed by atoms with Gasteiger partial charge in [-0.15, -0.1) is 0 Å². The number of carboxylic acid groups (broad SMARTS) is 2. The van der Waals surface area contributed by atoms with E-state index in [0.717, 1.165) is 5.56 Å². The molecule has 0 saturated heterocycles. The molecule has 11 heteroatoms. The highest BCUT2D eigenvalue weighted by molar-refractivity contribution is 5.92. The fraction of sp³-hybridized carbons (Fsp3) is 0.500. The van der Waals surface area contributed by atoms with Gasteiger partial charge in [0.15, 0.2) is 0 Å². The highest BCUT2D eigenvalue weighted by Crippen LogP contribution is 2.10. The van der Waals surface area contributed by atoms with Crippen LogP contribution >= 0.6 is 0 Å². The molecule has 0 fully saturated rings. The van der Waals surface area contributed by atoms with Crippen molar-refractivity contribution in [1.82, 2.24) is 16.0 Å². The van der Waals surface area contributed by atoms with Crippen LogP contribution in [0.3, 0.4) is 0 Å².